The molecule has 0 saturated carbocycles. The third-order valence-electron chi connectivity index (χ3n) is 6.22. The minimum absolute atomic E-state index is 0.00537. The maximum Gasteiger partial charge on any atom is 0.274 e. The van der Waals surface area contributed by atoms with Gasteiger partial charge in [0, 0.05) is 49.1 Å². The summed E-state index contributed by atoms with van der Waals surface area (Å²) in [4.78, 5) is 33.9. The van der Waals surface area contributed by atoms with Crippen LogP contribution in [0.3, 0.4) is 0 Å². The Morgan fingerprint density at radius 2 is 1.97 bits per heavy atom. The topological polar surface area (TPSA) is 62.7 Å². The Labute approximate surface area is 199 Å². The van der Waals surface area contributed by atoms with E-state index in [0.29, 0.717) is 24.8 Å². The number of carbonyl (C=O) groups excluding carboxylic acids is 2. The summed E-state index contributed by atoms with van der Waals surface area (Å²) < 4.78 is 8.21. The van der Waals surface area contributed by atoms with Gasteiger partial charge >= 0.3 is 0 Å². The van der Waals surface area contributed by atoms with Crippen LogP contribution in [0.25, 0.3) is 10.2 Å². The molecule has 2 aromatic carbocycles. The molecule has 5 rings (SSSR count). The molecule has 8 heteroatoms. The molecule has 2 aliphatic heterocycles. The third kappa shape index (κ3) is 4.26. The largest absolute Gasteiger partial charge is 0.467 e. The first kappa shape index (κ1) is 21.4. The number of fused-ring (bicyclic) bond motifs is 1. The van der Waals surface area contributed by atoms with E-state index in [1.54, 1.807) is 16.2 Å². The Morgan fingerprint density at radius 3 is 2.72 bits per heavy atom. The van der Waals surface area contributed by atoms with E-state index in [2.05, 4.69) is 40.0 Å². The zero-order valence-electron chi connectivity index (χ0n) is 17.8. The first-order valence-electron chi connectivity index (χ1n) is 10.9. The van der Waals surface area contributed by atoms with Gasteiger partial charge in [0.05, 0.1) is 16.1 Å². The van der Waals surface area contributed by atoms with Crippen molar-refractivity contribution in [2.75, 3.05) is 24.5 Å². The number of piperidine rings is 1. The molecule has 1 unspecified atom stereocenters. The summed E-state index contributed by atoms with van der Waals surface area (Å²) in [6.07, 6.45) is 1.88. The molecular formula is C24H24BrN3O3S. The van der Waals surface area contributed by atoms with E-state index in [0.717, 1.165) is 38.8 Å². The number of likely N-dealkylation sites (tertiary alicyclic amines) is 1. The van der Waals surface area contributed by atoms with Crippen molar-refractivity contribution < 1.29 is 14.3 Å². The number of ether oxygens (including phenoxy) is 1. The highest BCUT2D eigenvalue weighted by Crippen LogP contribution is 2.32. The Kier molecular flexibility index (Phi) is 5.90. The van der Waals surface area contributed by atoms with E-state index < -0.39 is 0 Å². The van der Waals surface area contributed by atoms with Crippen molar-refractivity contribution in [1.82, 2.24) is 9.88 Å². The lowest BCUT2D eigenvalue weighted by molar-refractivity contribution is -0.137. The van der Waals surface area contributed by atoms with Crippen LogP contribution in [0.4, 0.5) is 5.69 Å². The standard InChI is InChI=1S/C24H24BrN3O3S/c1-15-4-2-7-20-22(15)26-24(32-20)31-19-8-10-27(11-9-19)23(30)16-12-21(29)28(14-16)18-6-3-5-17(25)13-18/h2-7,13,16,19H,8-12,14H2,1H3. The molecule has 2 amide bonds. The number of benzene rings is 2. The number of aromatic nitrogens is 1. The smallest absolute Gasteiger partial charge is 0.274 e. The van der Waals surface area contributed by atoms with Gasteiger partial charge in [-0.2, -0.15) is 0 Å². The van der Waals surface area contributed by atoms with E-state index >= 15 is 0 Å². The second-order valence-electron chi connectivity index (χ2n) is 8.43. The van der Waals surface area contributed by atoms with E-state index in [-0.39, 0.29) is 30.3 Å². The van der Waals surface area contributed by atoms with Gasteiger partial charge in [-0.15, -0.1) is 0 Å². The van der Waals surface area contributed by atoms with Gasteiger partial charge in [0.1, 0.15) is 6.10 Å². The van der Waals surface area contributed by atoms with E-state index in [4.69, 9.17) is 4.74 Å². The SMILES string of the molecule is Cc1cccc2sc(OC3CCN(C(=O)C4CC(=O)N(c5cccc(Br)c5)C4)CC3)nc12. The second-order valence-corrected chi connectivity index (χ2v) is 10.3. The van der Waals surface area contributed by atoms with Gasteiger partial charge in [-0.3, -0.25) is 9.59 Å². The summed E-state index contributed by atoms with van der Waals surface area (Å²) in [5, 5.41) is 0.699. The van der Waals surface area contributed by atoms with Crippen LogP contribution in [0, 0.1) is 12.8 Å². The fourth-order valence-corrected chi connectivity index (χ4v) is 5.82. The van der Waals surface area contributed by atoms with Gasteiger partial charge in [-0.25, -0.2) is 4.98 Å². The molecule has 3 heterocycles. The molecule has 1 atom stereocenters. The number of anilines is 1. The van der Waals surface area contributed by atoms with Crippen LogP contribution in [-0.2, 0) is 9.59 Å². The highest BCUT2D eigenvalue weighted by Gasteiger charge is 2.38. The van der Waals surface area contributed by atoms with E-state index in [9.17, 15) is 9.59 Å². The van der Waals surface area contributed by atoms with Gasteiger partial charge in [-0.1, -0.05) is 45.5 Å². The Balaban J connectivity index is 1.17. The van der Waals surface area contributed by atoms with E-state index in [1.165, 1.54) is 0 Å². The molecule has 0 radical (unpaired) electrons. The Bertz CT molecular complexity index is 1170. The van der Waals surface area contributed by atoms with Gasteiger partial charge in [0.15, 0.2) is 0 Å². The second kappa shape index (κ2) is 8.83. The summed E-state index contributed by atoms with van der Waals surface area (Å²) in [6.45, 7) is 3.79. The van der Waals surface area contributed by atoms with Crippen LogP contribution in [-0.4, -0.2) is 47.4 Å². The number of rotatable bonds is 4. The number of aryl methyl sites for hydroxylation is 1. The zero-order valence-corrected chi connectivity index (χ0v) is 20.2. The summed E-state index contributed by atoms with van der Waals surface area (Å²) in [5.74, 6) is -0.207. The fraction of sp³-hybridized carbons (Fsp3) is 0.375. The average Bonchev–Trinajstić information content (AvgIpc) is 3.38. The molecule has 0 aliphatic carbocycles. The average molecular weight is 514 g/mol. The molecule has 0 spiro atoms. The number of carbonyl (C=O) groups is 2. The van der Waals surface area contributed by atoms with Gasteiger partial charge in [-0.05, 0) is 36.8 Å². The van der Waals surface area contributed by atoms with Crippen molar-refractivity contribution in [2.45, 2.75) is 32.3 Å². The number of thiazole rings is 1. The van der Waals surface area contributed by atoms with Crippen LogP contribution in [0.1, 0.15) is 24.8 Å². The van der Waals surface area contributed by atoms with Crippen LogP contribution in [0.2, 0.25) is 0 Å². The molecule has 32 heavy (non-hydrogen) atoms. The van der Waals surface area contributed by atoms with Crippen LogP contribution < -0.4 is 9.64 Å². The molecule has 1 aromatic heterocycles. The zero-order chi connectivity index (χ0) is 22.2. The first-order valence-corrected chi connectivity index (χ1v) is 12.5. The van der Waals surface area contributed by atoms with Crippen molar-refractivity contribution >= 4 is 55.0 Å². The maximum absolute atomic E-state index is 13.1. The normalized spacial score (nSPS) is 19.7. The van der Waals surface area contributed by atoms with E-state index in [1.807, 2.05) is 35.2 Å². The molecule has 0 bridgehead atoms. The molecular weight excluding hydrogens is 490 g/mol. The molecule has 166 valence electrons. The maximum atomic E-state index is 13.1. The van der Waals surface area contributed by atoms with Gasteiger partial charge in [0.25, 0.3) is 5.19 Å². The molecule has 3 aromatic rings. The van der Waals surface area contributed by atoms with Crippen molar-refractivity contribution in [3.63, 3.8) is 0 Å². The molecule has 2 saturated heterocycles. The van der Waals surface area contributed by atoms with Crippen molar-refractivity contribution in [3.05, 3.63) is 52.5 Å². The number of halogens is 1. The summed E-state index contributed by atoms with van der Waals surface area (Å²) in [5.41, 5.74) is 2.98. The number of para-hydroxylation sites is 1. The first-order chi connectivity index (χ1) is 15.5. The molecule has 6 nitrogen and oxygen atoms in total. The summed E-state index contributed by atoms with van der Waals surface area (Å²) >= 11 is 5.02. The lowest BCUT2D eigenvalue weighted by atomic mass is 10.0. The monoisotopic (exact) mass is 513 g/mol. The lowest BCUT2D eigenvalue weighted by Gasteiger charge is -2.33. The highest BCUT2D eigenvalue weighted by molar-refractivity contribution is 9.10. The highest BCUT2D eigenvalue weighted by atomic mass is 79.9. The summed E-state index contributed by atoms with van der Waals surface area (Å²) in [6, 6.07) is 13.8. The Hall–Kier alpha value is -2.45. The van der Waals surface area contributed by atoms with Crippen LogP contribution >= 0.6 is 27.3 Å². The number of hydrogen-bond donors (Lipinski definition) is 0. The number of nitrogens with zero attached hydrogens (tertiary/aromatic N) is 3. The predicted molar refractivity (Wildman–Crippen MR) is 129 cm³/mol. The summed E-state index contributed by atoms with van der Waals surface area (Å²) in [7, 11) is 0. The lowest BCUT2D eigenvalue weighted by Crippen LogP contribution is -2.44. The fourth-order valence-electron chi connectivity index (χ4n) is 4.48. The molecule has 2 fully saturated rings. The predicted octanol–water partition coefficient (Wildman–Crippen LogP) is 4.79. The van der Waals surface area contributed by atoms with Gasteiger partial charge < -0.3 is 14.5 Å². The Morgan fingerprint density at radius 1 is 1.19 bits per heavy atom. The van der Waals surface area contributed by atoms with Gasteiger partial charge in [0.2, 0.25) is 11.8 Å². The van der Waals surface area contributed by atoms with Crippen molar-refractivity contribution in [2.24, 2.45) is 5.92 Å². The van der Waals surface area contributed by atoms with Crippen molar-refractivity contribution in [3.8, 4) is 5.19 Å². The molecule has 2 aliphatic rings. The quantitative estimate of drug-likeness (QED) is 0.503. The van der Waals surface area contributed by atoms with Crippen LogP contribution in [0.15, 0.2) is 46.9 Å². The minimum atomic E-state index is -0.286. The van der Waals surface area contributed by atoms with Crippen molar-refractivity contribution in [1.29, 1.82) is 0 Å². The number of hydrogen-bond acceptors (Lipinski definition) is 5. The molecule has 0 N–H and O–H groups in total. The third-order valence-corrected chi connectivity index (χ3v) is 7.62. The minimum Gasteiger partial charge on any atom is -0.467 e. The van der Waals surface area contributed by atoms with Crippen LogP contribution in [0.5, 0.6) is 5.19 Å². The number of amides is 2.